The zero-order valence-corrected chi connectivity index (χ0v) is 26.7. The van der Waals surface area contributed by atoms with Crippen LogP contribution in [0.4, 0.5) is 0 Å². The van der Waals surface area contributed by atoms with E-state index in [4.69, 9.17) is 0 Å². The summed E-state index contributed by atoms with van der Waals surface area (Å²) < 4.78 is 1.32. The van der Waals surface area contributed by atoms with Gasteiger partial charge in [0.25, 0.3) is 0 Å². The maximum Gasteiger partial charge on any atom is 0.0355 e. The summed E-state index contributed by atoms with van der Waals surface area (Å²) in [4.78, 5) is 1.29. The molecule has 0 bridgehead atoms. The smallest absolute Gasteiger partial charge is 0.0355 e. The Labute approximate surface area is 274 Å². The predicted molar refractivity (Wildman–Crippen MR) is 199 cm³/mol. The van der Waals surface area contributed by atoms with E-state index in [1.165, 1.54) is 86.9 Å². The summed E-state index contributed by atoms with van der Waals surface area (Å²) in [5.41, 5.74) is 14.3. The minimum Gasteiger partial charge on any atom is -0.135 e. The molecule has 0 saturated heterocycles. The molecule has 0 aliphatic heterocycles. The zero-order valence-electron chi connectivity index (χ0n) is 25.9. The molecule has 9 rings (SSSR count). The average Bonchev–Trinajstić information content (AvgIpc) is 3.65. The van der Waals surface area contributed by atoms with Gasteiger partial charge in [0.15, 0.2) is 0 Å². The fourth-order valence-electron chi connectivity index (χ4n) is 7.43. The Morgan fingerprint density at radius 1 is 0.391 bits per heavy atom. The van der Waals surface area contributed by atoms with Gasteiger partial charge in [-0.3, -0.25) is 0 Å². The van der Waals surface area contributed by atoms with E-state index in [9.17, 15) is 0 Å². The Hall–Kier alpha value is -5.24. The van der Waals surface area contributed by atoms with Crippen LogP contribution in [0.1, 0.15) is 25.0 Å². The molecule has 0 saturated carbocycles. The number of hydrogen-bond donors (Lipinski definition) is 0. The first-order valence-electron chi connectivity index (χ1n) is 16.0. The molecule has 8 aromatic rings. The molecule has 1 aliphatic carbocycles. The lowest BCUT2D eigenvalue weighted by Gasteiger charge is -2.22. The van der Waals surface area contributed by atoms with Crippen LogP contribution in [0.2, 0.25) is 0 Å². The average molecular weight is 605 g/mol. The van der Waals surface area contributed by atoms with Gasteiger partial charge in [0, 0.05) is 15.0 Å². The highest BCUT2D eigenvalue weighted by Gasteiger charge is 2.35. The summed E-state index contributed by atoms with van der Waals surface area (Å²) in [5.74, 6) is 0. The summed E-state index contributed by atoms with van der Waals surface area (Å²) >= 11 is 1.87. The van der Waals surface area contributed by atoms with E-state index in [-0.39, 0.29) is 5.41 Å². The van der Waals surface area contributed by atoms with Crippen LogP contribution >= 0.6 is 11.3 Å². The fraction of sp³-hybridized carbons (Fsp3) is 0.0667. The lowest BCUT2D eigenvalue weighted by atomic mass is 9.81. The van der Waals surface area contributed by atoms with Crippen molar-refractivity contribution in [3.05, 3.63) is 169 Å². The Balaban J connectivity index is 1.15. The van der Waals surface area contributed by atoms with E-state index < -0.39 is 0 Å². The Bertz CT molecular complexity index is 2400. The highest BCUT2D eigenvalue weighted by molar-refractivity contribution is 7.22. The summed E-state index contributed by atoms with van der Waals surface area (Å²) in [6, 6.07) is 58.5. The van der Waals surface area contributed by atoms with Gasteiger partial charge in [0.1, 0.15) is 0 Å². The molecule has 1 heterocycles. The normalized spacial score (nSPS) is 13.2. The Kier molecular flexibility index (Phi) is 6.13. The molecule has 1 aliphatic rings. The Morgan fingerprint density at radius 3 is 1.85 bits per heavy atom. The monoisotopic (exact) mass is 604 g/mol. The zero-order chi connectivity index (χ0) is 30.8. The lowest BCUT2D eigenvalue weighted by Crippen LogP contribution is -2.14. The summed E-state index contributed by atoms with van der Waals surface area (Å²) in [7, 11) is 0. The van der Waals surface area contributed by atoms with Gasteiger partial charge in [0.2, 0.25) is 0 Å². The van der Waals surface area contributed by atoms with Crippen LogP contribution in [-0.4, -0.2) is 0 Å². The number of thiophene rings is 1. The molecule has 0 unspecified atom stereocenters. The van der Waals surface area contributed by atoms with Gasteiger partial charge in [-0.2, -0.15) is 0 Å². The van der Waals surface area contributed by atoms with E-state index in [1.807, 2.05) is 11.3 Å². The van der Waals surface area contributed by atoms with Crippen molar-refractivity contribution in [2.45, 2.75) is 19.3 Å². The molecule has 7 aromatic carbocycles. The van der Waals surface area contributed by atoms with Crippen molar-refractivity contribution in [3.63, 3.8) is 0 Å². The summed E-state index contributed by atoms with van der Waals surface area (Å²) in [6.07, 6.45) is 0. The molecular weight excluding hydrogens is 573 g/mol. The van der Waals surface area contributed by atoms with Crippen LogP contribution in [0.15, 0.2) is 158 Å². The van der Waals surface area contributed by atoms with Crippen LogP contribution in [0, 0.1) is 0 Å². The highest BCUT2D eigenvalue weighted by Crippen LogP contribution is 2.49. The van der Waals surface area contributed by atoms with Gasteiger partial charge in [0.05, 0.1) is 0 Å². The number of fused-ring (bicyclic) bond motifs is 5. The van der Waals surface area contributed by atoms with E-state index in [1.54, 1.807) is 0 Å². The quantitative estimate of drug-likeness (QED) is 0.187. The molecule has 0 atom stereocenters. The fourth-order valence-corrected chi connectivity index (χ4v) is 8.48. The molecular formula is C45H32S. The first-order chi connectivity index (χ1) is 22.5. The van der Waals surface area contributed by atoms with Gasteiger partial charge in [-0.05, 0) is 114 Å². The third kappa shape index (κ3) is 4.35. The van der Waals surface area contributed by atoms with Crippen LogP contribution in [0.25, 0.3) is 75.8 Å². The standard InChI is InChI=1S/C45H32S/c1-45(2)41-16-7-6-14-39(41)40-23-22-32(27-42(40)45)29-18-20-30(21-19-29)34-24-35(38-15-9-12-31-10-3-5-13-37(31)38)26-36(25-34)44-28-33-11-4-8-17-43(33)46-44/h3-28H,1-2H3. The maximum atomic E-state index is 2.41. The summed E-state index contributed by atoms with van der Waals surface area (Å²) in [5, 5.41) is 3.84. The molecule has 0 fully saturated rings. The first-order valence-corrected chi connectivity index (χ1v) is 16.8. The lowest BCUT2D eigenvalue weighted by molar-refractivity contribution is 0.660. The van der Waals surface area contributed by atoms with Crippen molar-refractivity contribution in [3.8, 4) is 54.9 Å². The first kappa shape index (κ1) is 27.1. The van der Waals surface area contributed by atoms with Crippen molar-refractivity contribution < 1.29 is 0 Å². The van der Waals surface area contributed by atoms with Gasteiger partial charge in [-0.1, -0.05) is 135 Å². The number of benzene rings is 7. The molecule has 1 heteroatoms. The predicted octanol–water partition coefficient (Wildman–Crippen LogP) is 13.0. The SMILES string of the molecule is CC1(C)c2ccccc2-c2ccc(-c3ccc(-c4cc(-c5cc6ccccc6s5)cc(-c5cccc6ccccc56)c4)cc3)cc21. The van der Waals surface area contributed by atoms with Crippen molar-refractivity contribution in [1.29, 1.82) is 0 Å². The van der Waals surface area contributed by atoms with Crippen LogP contribution in [0.5, 0.6) is 0 Å². The molecule has 0 radical (unpaired) electrons. The molecule has 46 heavy (non-hydrogen) atoms. The van der Waals surface area contributed by atoms with E-state index >= 15 is 0 Å². The second-order valence-electron chi connectivity index (χ2n) is 13.0. The van der Waals surface area contributed by atoms with Gasteiger partial charge >= 0.3 is 0 Å². The van der Waals surface area contributed by atoms with Gasteiger partial charge in [-0.25, -0.2) is 0 Å². The van der Waals surface area contributed by atoms with Crippen molar-refractivity contribution in [1.82, 2.24) is 0 Å². The van der Waals surface area contributed by atoms with Crippen molar-refractivity contribution in [2.75, 3.05) is 0 Å². The minimum atomic E-state index is -0.00702. The molecule has 0 spiro atoms. The molecule has 0 amide bonds. The highest BCUT2D eigenvalue weighted by atomic mass is 32.1. The van der Waals surface area contributed by atoms with Crippen LogP contribution < -0.4 is 0 Å². The minimum absolute atomic E-state index is 0.00702. The van der Waals surface area contributed by atoms with E-state index in [0.29, 0.717) is 0 Å². The van der Waals surface area contributed by atoms with E-state index in [0.717, 1.165) is 0 Å². The van der Waals surface area contributed by atoms with Crippen LogP contribution in [-0.2, 0) is 5.41 Å². The third-order valence-corrected chi connectivity index (χ3v) is 11.0. The molecule has 0 nitrogen and oxygen atoms in total. The van der Waals surface area contributed by atoms with Gasteiger partial charge < -0.3 is 0 Å². The largest absolute Gasteiger partial charge is 0.135 e. The second-order valence-corrected chi connectivity index (χ2v) is 14.1. The van der Waals surface area contributed by atoms with Crippen molar-refractivity contribution in [2.24, 2.45) is 0 Å². The molecule has 0 N–H and O–H groups in total. The Morgan fingerprint density at radius 2 is 1.00 bits per heavy atom. The van der Waals surface area contributed by atoms with E-state index in [2.05, 4.69) is 172 Å². The molecule has 1 aromatic heterocycles. The second kappa shape index (κ2) is 10.4. The van der Waals surface area contributed by atoms with Crippen molar-refractivity contribution >= 4 is 32.2 Å². The van der Waals surface area contributed by atoms with Gasteiger partial charge in [-0.15, -0.1) is 11.3 Å². The number of rotatable bonds is 4. The summed E-state index contributed by atoms with van der Waals surface area (Å²) in [6.45, 7) is 4.70. The number of hydrogen-bond acceptors (Lipinski definition) is 1. The third-order valence-electron chi connectivity index (χ3n) is 9.88. The molecule has 218 valence electrons. The topological polar surface area (TPSA) is 0 Å². The van der Waals surface area contributed by atoms with Crippen LogP contribution in [0.3, 0.4) is 0 Å². The maximum absolute atomic E-state index is 2.41.